The number of aromatic nitrogens is 2. The summed E-state index contributed by atoms with van der Waals surface area (Å²) in [6.45, 7) is 5.23. The molecule has 0 N–H and O–H groups in total. The van der Waals surface area contributed by atoms with Crippen molar-refractivity contribution in [2.45, 2.75) is 18.7 Å². The molecule has 0 atom stereocenters. The molecule has 10 heteroatoms. The van der Waals surface area contributed by atoms with Crippen molar-refractivity contribution in [1.82, 2.24) is 19.0 Å². The van der Waals surface area contributed by atoms with Crippen LogP contribution in [0.25, 0.3) is 15.9 Å². The molecule has 1 amide bonds. The molecule has 176 valence electrons. The van der Waals surface area contributed by atoms with E-state index in [4.69, 9.17) is 5.10 Å². The molecule has 2 aromatic heterocycles. The van der Waals surface area contributed by atoms with Crippen LogP contribution in [0.2, 0.25) is 0 Å². The van der Waals surface area contributed by atoms with Gasteiger partial charge in [0.2, 0.25) is 10.0 Å². The van der Waals surface area contributed by atoms with Crippen LogP contribution in [0.1, 0.15) is 20.9 Å². The van der Waals surface area contributed by atoms with E-state index in [2.05, 4.69) is 15.9 Å². The highest BCUT2D eigenvalue weighted by Gasteiger charge is 2.31. The van der Waals surface area contributed by atoms with Crippen LogP contribution in [0.15, 0.2) is 64.0 Å². The number of carbonyl (C=O) groups excluding carboxylic acids is 1. The van der Waals surface area contributed by atoms with Gasteiger partial charge in [-0.2, -0.15) is 9.40 Å². The van der Waals surface area contributed by atoms with Crippen LogP contribution in [0.5, 0.6) is 0 Å². The quantitative estimate of drug-likeness (QED) is 0.366. The molecule has 0 radical (unpaired) electrons. The van der Waals surface area contributed by atoms with Crippen LogP contribution in [-0.2, 0) is 10.0 Å². The SMILES string of the molecule is Cc1ccccc1-n1nc(C)c2cc(C(=O)N3CCN(S(=O)(=O)c4ccc(Br)cc4)CC3)sc21. The minimum atomic E-state index is -3.58. The predicted octanol–water partition coefficient (Wildman–Crippen LogP) is 4.61. The molecule has 1 aliphatic rings. The first-order valence-corrected chi connectivity index (χ1v) is 13.9. The molecular formula is C24H23BrN4O3S2. The molecule has 4 aromatic rings. The lowest BCUT2D eigenvalue weighted by atomic mass is 10.2. The Hall–Kier alpha value is -2.53. The molecule has 0 spiro atoms. The first kappa shape index (κ1) is 23.2. The second-order valence-electron chi connectivity index (χ2n) is 8.26. The van der Waals surface area contributed by atoms with Crippen molar-refractivity contribution in [1.29, 1.82) is 0 Å². The van der Waals surface area contributed by atoms with Gasteiger partial charge in [-0.15, -0.1) is 11.3 Å². The summed E-state index contributed by atoms with van der Waals surface area (Å²) < 4.78 is 30.1. The second-order valence-corrected chi connectivity index (χ2v) is 12.1. The summed E-state index contributed by atoms with van der Waals surface area (Å²) in [5, 5.41) is 5.66. The monoisotopic (exact) mass is 558 g/mol. The van der Waals surface area contributed by atoms with Gasteiger partial charge in [-0.05, 0) is 55.8 Å². The third-order valence-electron chi connectivity index (χ3n) is 6.08. The van der Waals surface area contributed by atoms with Gasteiger partial charge in [0.15, 0.2) is 0 Å². The molecule has 1 aliphatic heterocycles. The molecule has 0 bridgehead atoms. The molecule has 1 fully saturated rings. The molecule has 1 saturated heterocycles. The number of amides is 1. The Morgan fingerprint density at radius 1 is 1.00 bits per heavy atom. The van der Waals surface area contributed by atoms with Crippen LogP contribution >= 0.6 is 27.3 Å². The van der Waals surface area contributed by atoms with Gasteiger partial charge >= 0.3 is 0 Å². The number of hydrogen-bond acceptors (Lipinski definition) is 5. The molecule has 2 aromatic carbocycles. The second kappa shape index (κ2) is 8.92. The fourth-order valence-electron chi connectivity index (χ4n) is 4.16. The Balaban J connectivity index is 1.35. The van der Waals surface area contributed by atoms with Gasteiger partial charge in [-0.25, -0.2) is 13.1 Å². The topological polar surface area (TPSA) is 75.5 Å². The largest absolute Gasteiger partial charge is 0.335 e. The standard InChI is InChI=1S/C24H23BrN4O3S2/c1-16-5-3-4-6-21(16)29-24-20(17(2)26-29)15-22(33-24)23(30)27-11-13-28(14-12-27)34(31,32)19-9-7-18(25)8-10-19/h3-10,15H,11-14H2,1-2H3. The van der Waals surface area contributed by atoms with Crippen LogP contribution in [0.4, 0.5) is 0 Å². The van der Waals surface area contributed by atoms with Crippen LogP contribution in [0.3, 0.4) is 0 Å². The Morgan fingerprint density at radius 2 is 1.68 bits per heavy atom. The minimum absolute atomic E-state index is 0.0716. The average Bonchev–Trinajstić information content (AvgIpc) is 3.40. The first-order chi connectivity index (χ1) is 16.3. The zero-order chi connectivity index (χ0) is 24.0. The number of carbonyl (C=O) groups is 1. The molecule has 5 rings (SSSR count). The number of aryl methyl sites for hydroxylation is 2. The number of benzene rings is 2. The normalized spacial score (nSPS) is 15.2. The van der Waals surface area contributed by atoms with Crippen molar-refractivity contribution < 1.29 is 13.2 Å². The van der Waals surface area contributed by atoms with E-state index in [1.54, 1.807) is 29.2 Å². The van der Waals surface area contributed by atoms with Gasteiger partial charge in [0.25, 0.3) is 5.91 Å². The van der Waals surface area contributed by atoms with E-state index in [-0.39, 0.29) is 23.9 Å². The van der Waals surface area contributed by atoms with E-state index < -0.39 is 10.0 Å². The van der Waals surface area contributed by atoms with E-state index in [0.29, 0.717) is 18.0 Å². The number of hydrogen-bond donors (Lipinski definition) is 0. The number of sulfonamides is 1. The summed E-state index contributed by atoms with van der Waals surface area (Å²) in [6, 6.07) is 16.6. The van der Waals surface area contributed by atoms with E-state index >= 15 is 0 Å². The van der Waals surface area contributed by atoms with Gasteiger partial charge in [-0.1, -0.05) is 34.1 Å². The van der Waals surface area contributed by atoms with Crippen LogP contribution in [-0.4, -0.2) is 59.5 Å². The molecule has 0 unspecified atom stereocenters. The van der Waals surface area contributed by atoms with Crippen molar-refractivity contribution in [3.8, 4) is 5.69 Å². The predicted molar refractivity (Wildman–Crippen MR) is 137 cm³/mol. The van der Waals surface area contributed by atoms with E-state index in [9.17, 15) is 13.2 Å². The van der Waals surface area contributed by atoms with Gasteiger partial charge in [0, 0.05) is 36.0 Å². The molecule has 0 aliphatic carbocycles. The van der Waals surface area contributed by atoms with Crippen molar-refractivity contribution in [2.24, 2.45) is 0 Å². The number of piperazine rings is 1. The minimum Gasteiger partial charge on any atom is -0.335 e. The van der Waals surface area contributed by atoms with Crippen molar-refractivity contribution in [3.05, 3.63) is 75.2 Å². The zero-order valence-electron chi connectivity index (χ0n) is 18.7. The summed E-state index contributed by atoms with van der Waals surface area (Å²) in [7, 11) is -3.58. The summed E-state index contributed by atoms with van der Waals surface area (Å²) in [4.78, 5) is 16.9. The average molecular weight is 560 g/mol. The van der Waals surface area contributed by atoms with Gasteiger partial charge in [0.1, 0.15) is 4.83 Å². The van der Waals surface area contributed by atoms with E-state index in [0.717, 1.165) is 31.6 Å². The lowest BCUT2D eigenvalue weighted by Crippen LogP contribution is -2.50. The number of nitrogens with zero attached hydrogens (tertiary/aromatic N) is 4. The number of fused-ring (bicyclic) bond motifs is 1. The Bertz CT molecular complexity index is 1480. The smallest absolute Gasteiger partial charge is 0.264 e. The Morgan fingerprint density at radius 3 is 2.35 bits per heavy atom. The highest BCUT2D eigenvalue weighted by atomic mass is 79.9. The van der Waals surface area contributed by atoms with Crippen molar-refractivity contribution in [2.75, 3.05) is 26.2 Å². The lowest BCUT2D eigenvalue weighted by molar-refractivity contribution is 0.0703. The molecule has 3 heterocycles. The molecule has 0 saturated carbocycles. The van der Waals surface area contributed by atoms with E-state index in [1.165, 1.54) is 15.6 Å². The van der Waals surface area contributed by atoms with E-state index in [1.807, 2.05) is 48.9 Å². The van der Waals surface area contributed by atoms with Crippen LogP contribution < -0.4 is 0 Å². The maximum atomic E-state index is 13.3. The number of thiophene rings is 1. The summed E-state index contributed by atoms with van der Waals surface area (Å²) in [5.41, 5.74) is 2.98. The van der Waals surface area contributed by atoms with Gasteiger partial charge in [0.05, 0.1) is 21.2 Å². The lowest BCUT2D eigenvalue weighted by Gasteiger charge is -2.33. The number of para-hydroxylation sites is 1. The molecular weight excluding hydrogens is 536 g/mol. The van der Waals surface area contributed by atoms with Crippen molar-refractivity contribution in [3.63, 3.8) is 0 Å². The van der Waals surface area contributed by atoms with Crippen LogP contribution in [0, 0.1) is 13.8 Å². The third-order valence-corrected chi connectivity index (χ3v) is 9.62. The third kappa shape index (κ3) is 4.08. The number of halogens is 1. The number of rotatable bonds is 4. The Kier molecular flexibility index (Phi) is 6.09. The summed E-state index contributed by atoms with van der Waals surface area (Å²) in [5.74, 6) is -0.0716. The fourth-order valence-corrected chi connectivity index (χ4v) is 6.99. The van der Waals surface area contributed by atoms with Gasteiger partial charge < -0.3 is 4.90 Å². The zero-order valence-corrected chi connectivity index (χ0v) is 22.0. The van der Waals surface area contributed by atoms with Crippen molar-refractivity contribution >= 4 is 53.4 Å². The molecule has 34 heavy (non-hydrogen) atoms. The summed E-state index contributed by atoms with van der Waals surface area (Å²) in [6.07, 6.45) is 0. The molecule has 7 nitrogen and oxygen atoms in total. The highest BCUT2D eigenvalue weighted by Crippen LogP contribution is 2.32. The van der Waals surface area contributed by atoms with Gasteiger partial charge in [-0.3, -0.25) is 4.79 Å². The maximum Gasteiger partial charge on any atom is 0.264 e. The first-order valence-electron chi connectivity index (χ1n) is 10.9. The fraction of sp³-hybridized carbons (Fsp3) is 0.250. The maximum absolute atomic E-state index is 13.3. The Labute approximate surface area is 210 Å². The summed E-state index contributed by atoms with van der Waals surface area (Å²) >= 11 is 4.76. The highest BCUT2D eigenvalue weighted by molar-refractivity contribution is 9.10.